The van der Waals surface area contributed by atoms with Crippen LogP contribution in [0.3, 0.4) is 0 Å². The van der Waals surface area contributed by atoms with Gasteiger partial charge in [-0.3, -0.25) is 4.98 Å². The summed E-state index contributed by atoms with van der Waals surface area (Å²) < 4.78 is 13.0. The normalized spacial score (nSPS) is 17.4. The maximum atomic E-state index is 13.0. The minimum absolute atomic E-state index is 0.144. The monoisotopic (exact) mass is 237 g/mol. The molecule has 1 aromatic heterocycles. The molecule has 3 nitrogen and oxygen atoms in total. The molecule has 0 bridgehead atoms. The van der Waals surface area contributed by atoms with Gasteiger partial charge in [0.25, 0.3) is 0 Å². The standard InChI is InChI=1S/C13H20FN3/c1-10(11-7-12(14)9-15-8-11)16-5-6-17(2)13-3-4-13/h7-10,13,16H,3-6H2,1-2H3. The first kappa shape index (κ1) is 12.5. The Morgan fingerprint density at radius 1 is 1.53 bits per heavy atom. The number of nitrogens with one attached hydrogen (secondary N) is 1. The van der Waals surface area contributed by atoms with Gasteiger partial charge in [0.15, 0.2) is 0 Å². The van der Waals surface area contributed by atoms with Crippen LogP contribution in [-0.2, 0) is 0 Å². The van der Waals surface area contributed by atoms with Crippen LogP contribution < -0.4 is 5.32 Å². The van der Waals surface area contributed by atoms with Gasteiger partial charge >= 0.3 is 0 Å². The zero-order valence-corrected chi connectivity index (χ0v) is 10.5. The van der Waals surface area contributed by atoms with Crippen molar-refractivity contribution in [2.45, 2.75) is 31.8 Å². The topological polar surface area (TPSA) is 28.2 Å². The Balaban J connectivity index is 1.74. The van der Waals surface area contributed by atoms with Crippen LogP contribution in [0.1, 0.15) is 31.4 Å². The number of nitrogens with zero attached hydrogens (tertiary/aromatic N) is 2. The Morgan fingerprint density at radius 3 is 2.94 bits per heavy atom. The molecular weight excluding hydrogens is 217 g/mol. The summed E-state index contributed by atoms with van der Waals surface area (Å²) in [6, 6.07) is 2.48. The van der Waals surface area contributed by atoms with E-state index in [0.717, 1.165) is 24.7 Å². The van der Waals surface area contributed by atoms with Crippen molar-refractivity contribution >= 4 is 0 Å². The van der Waals surface area contributed by atoms with Gasteiger partial charge in [0.05, 0.1) is 6.20 Å². The highest BCUT2D eigenvalue weighted by Crippen LogP contribution is 2.24. The number of rotatable bonds is 6. The summed E-state index contributed by atoms with van der Waals surface area (Å²) in [6.07, 6.45) is 5.61. The van der Waals surface area contributed by atoms with Gasteiger partial charge < -0.3 is 10.2 Å². The quantitative estimate of drug-likeness (QED) is 0.820. The summed E-state index contributed by atoms with van der Waals surface area (Å²) in [4.78, 5) is 6.24. The van der Waals surface area contributed by atoms with Gasteiger partial charge in [-0.05, 0) is 38.4 Å². The molecule has 1 atom stereocenters. The van der Waals surface area contributed by atoms with Gasteiger partial charge in [-0.15, -0.1) is 0 Å². The highest BCUT2D eigenvalue weighted by molar-refractivity contribution is 5.14. The molecule has 0 radical (unpaired) electrons. The molecule has 1 saturated carbocycles. The van der Waals surface area contributed by atoms with Crippen LogP contribution in [0, 0.1) is 5.82 Å². The average molecular weight is 237 g/mol. The van der Waals surface area contributed by atoms with E-state index in [1.165, 1.54) is 25.1 Å². The van der Waals surface area contributed by atoms with Crippen LogP contribution in [0.5, 0.6) is 0 Å². The first-order valence-corrected chi connectivity index (χ1v) is 6.21. The molecule has 0 amide bonds. The number of aromatic nitrogens is 1. The molecule has 17 heavy (non-hydrogen) atoms. The van der Waals surface area contributed by atoms with Crippen molar-refractivity contribution in [1.82, 2.24) is 15.2 Å². The number of hydrogen-bond acceptors (Lipinski definition) is 3. The molecule has 1 fully saturated rings. The number of pyridine rings is 1. The van der Waals surface area contributed by atoms with Crippen molar-refractivity contribution in [2.75, 3.05) is 20.1 Å². The second-order valence-electron chi connectivity index (χ2n) is 4.82. The highest BCUT2D eigenvalue weighted by atomic mass is 19.1. The van der Waals surface area contributed by atoms with Crippen LogP contribution in [0.4, 0.5) is 4.39 Å². The minimum Gasteiger partial charge on any atom is -0.309 e. The van der Waals surface area contributed by atoms with Gasteiger partial charge in [0.2, 0.25) is 0 Å². The molecule has 1 aromatic rings. The van der Waals surface area contributed by atoms with E-state index in [9.17, 15) is 4.39 Å². The smallest absolute Gasteiger partial charge is 0.141 e. The van der Waals surface area contributed by atoms with E-state index in [1.807, 2.05) is 6.92 Å². The lowest BCUT2D eigenvalue weighted by atomic mass is 10.1. The lowest BCUT2D eigenvalue weighted by Gasteiger charge is -2.19. The van der Waals surface area contributed by atoms with Crippen molar-refractivity contribution in [3.63, 3.8) is 0 Å². The van der Waals surface area contributed by atoms with Crippen molar-refractivity contribution in [3.8, 4) is 0 Å². The van der Waals surface area contributed by atoms with Crippen LogP contribution in [0.2, 0.25) is 0 Å². The first-order chi connectivity index (χ1) is 8.16. The van der Waals surface area contributed by atoms with E-state index in [-0.39, 0.29) is 11.9 Å². The fourth-order valence-corrected chi connectivity index (χ4v) is 1.94. The summed E-state index contributed by atoms with van der Waals surface area (Å²) >= 11 is 0. The van der Waals surface area contributed by atoms with E-state index >= 15 is 0 Å². The molecule has 2 rings (SSSR count). The molecule has 1 aliphatic rings. The number of halogens is 1. The highest BCUT2D eigenvalue weighted by Gasteiger charge is 2.25. The van der Waals surface area contributed by atoms with E-state index in [1.54, 1.807) is 6.20 Å². The van der Waals surface area contributed by atoms with E-state index in [2.05, 4.69) is 22.2 Å². The van der Waals surface area contributed by atoms with Gasteiger partial charge in [0.1, 0.15) is 5.82 Å². The number of hydrogen-bond donors (Lipinski definition) is 1. The van der Waals surface area contributed by atoms with Crippen molar-refractivity contribution in [1.29, 1.82) is 0 Å². The summed E-state index contributed by atoms with van der Waals surface area (Å²) in [6.45, 7) is 4.00. The Hall–Kier alpha value is -1.00. The Kier molecular flexibility index (Phi) is 4.07. The molecule has 0 aliphatic heterocycles. The Bertz CT molecular complexity index is 365. The predicted octanol–water partition coefficient (Wildman–Crippen LogP) is 1.97. The molecule has 1 unspecified atom stereocenters. The van der Waals surface area contributed by atoms with Gasteiger partial charge in [-0.1, -0.05) is 0 Å². The van der Waals surface area contributed by atoms with Crippen LogP contribution in [0.25, 0.3) is 0 Å². The Morgan fingerprint density at radius 2 is 2.29 bits per heavy atom. The zero-order chi connectivity index (χ0) is 12.3. The molecule has 0 spiro atoms. The SMILES string of the molecule is CC(NCCN(C)C1CC1)c1cncc(F)c1. The largest absolute Gasteiger partial charge is 0.309 e. The minimum atomic E-state index is -0.272. The lowest BCUT2D eigenvalue weighted by Crippen LogP contribution is -2.32. The summed E-state index contributed by atoms with van der Waals surface area (Å²) in [7, 11) is 2.16. The molecule has 0 saturated heterocycles. The average Bonchev–Trinajstić information content (AvgIpc) is 3.12. The molecule has 1 aliphatic carbocycles. The second kappa shape index (κ2) is 5.56. The van der Waals surface area contributed by atoms with Crippen LogP contribution in [-0.4, -0.2) is 36.1 Å². The van der Waals surface area contributed by atoms with Crippen LogP contribution in [0.15, 0.2) is 18.5 Å². The molecule has 4 heteroatoms. The summed E-state index contributed by atoms with van der Waals surface area (Å²) in [5, 5.41) is 3.39. The second-order valence-corrected chi connectivity index (χ2v) is 4.82. The summed E-state index contributed by atoms with van der Waals surface area (Å²) in [5.74, 6) is -0.272. The van der Waals surface area contributed by atoms with Crippen LogP contribution >= 0.6 is 0 Å². The Labute approximate surface area is 102 Å². The van der Waals surface area contributed by atoms with E-state index < -0.39 is 0 Å². The van der Waals surface area contributed by atoms with Crippen molar-refractivity contribution in [2.24, 2.45) is 0 Å². The van der Waals surface area contributed by atoms with Gasteiger partial charge in [-0.25, -0.2) is 4.39 Å². The third-order valence-corrected chi connectivity index (χ3v) is 3.31. The van der Waals surface area contributed by atoms with Crippen molar-refractivity contribution in [3.05, 3.63) is 29.8 Å². The fourth-order valence-electron chi connectivity index (χ4n) is 1.94. The molecular formula is C13H20FN3. The molecule has 1 N–H and O–H groups in total. The lowest BCUT2D eigenvalue weighted by molar-refractivity contribution is 0.316. The third-order valence-electron chi connectivity index (χ3n) is 3.31. The third kappa shape index (κ3) is 3.75. The molecule has 1 heterocycles. The maximum Gasteiger partial charge on any atom is 0.141 e. The van der Waals surface area contributed by atoms with Gasteiger partial charge in [0, 0.05) is 31.4 Å². The predicted molar refractivity (Wildman–Crippen MR) is 66.3 cm³/mol. The summed E-state index contributed by atoms with van der Waals surface area (Å²) in [5.41, 5.74) is 0.902. The van der Waals surface area contributed by atoms with Crippen molar-refractivity contribution < 1.29 is 4.39 Å². The zero-order valence-electron chi connectivity index (χ0n) is 10.5. The number of likely N-dealkylation sites (N-methyl/N-ethyl adjacent to an activating group) is 1. The fraction of sp³-hybridized carbons (Fsp3) is 0.615. The molecule has 0 aromatic carbocycles. The maximum absolute atomic E-state index is 13.0. The molecule has 94 valence electrons. The van der Waals surface area contributed by atoms with Gasteiger partial charge in [-0.2, -0.15) is 0 Å². The van der Waals surface area contributed by atoms with E-state index in [0.29, 0.717) is 0 Å². The van der Waals surface area contributed by atoms with E-state index in [4.69, 9.17) is 0 Å². The first-order valence-electron chi connectivity index (χ1n) is 6.21.